The van der Waals surface area contributed by atoms with Crippen molar-refractivity contribution in [3.63, 3.8) is 0 Å². The molecule has 1 unspecified atom stereocenters. The standard InChI is InChI=1S/C14H22N2O3/c1-9-5-12(6-10(2)14(9)19-4)16(3)8-11(15)7-13(17)18/h5-6,11H,7-8,15H2,1-4H3,(H,17,18). The summed E-state index contributed by atoms with van der Waals surface area (Å²) in [5.74, 6) is 0.00924. The molecule has 0 amide bonds. The Morgan fingerprint density at radius 3 is 2.37 bits per heavy atom. The second-order valence-electron chi connectivity index (χ2n) is 4.85. The van der Waals surface area contributed by atoms with E-state index in [9.17, 15) is 4.79 Å². The van der Waals surface area contributed by atoms with Crippen molar-refractivity contribution >= 4 is 11.7 Å². The van der Waals surface area contributed by atoms with Crippen LogP contribution in [0.3, 0.4) is 0 Å². The maximum atomic E-state index is 10.6. The van der Waals surface area contributed by atoms with Crippen molar-refractivity contribution in [2.45, 2.75) is 26.3 Å². The molecule has 0 saturated carbocycles. The average molecular weight is 266 g/mol. The topological polar surface area (TPSA) is 75.8 Å². The predicted octanol–water partition coefficient (Wildman–Crippen LogP) is 1.55. The fourth-order valence-electron chi connectivity index (χ4n) is 2.22. The van der Waals surface area contributed by atoms with Crippen molar-refractivity contribution in [1.82, 2.24) is 0 Å². The highest BCUT2D eigenvalue weighted by atomic mass is 16.5. The van der Waals surface area contributed by atoms with Crippen molar-refractivity contribution in [1.29, 1.82) is 0 Å². The summed E-state index contributed by atoms with van der Waals surface area (Å²) in [6.45, 7) is 4.47. The molecule has 1 rings (SSSR count). The van der Waals surface area contributed by atoms with Gasteiger partial charge in [-0.15, -0.1) is 0 Å². The lowest BCUT2D eigenvalue weighted by molar-refractivity contribution is -0.137. The van der Waals surface area contributed by atoms with Gasteiger partial charge in [-0.1, -0.05) is 0 Å². The number of hydrogen-bond acceptors (Lipinski definition) is 4. The number of benzene rings is 1. The van der Waals surface area contributed by atoms with Gasteiger partial charge in [0.05, 0.1) is 13.5 Å². The molecule has 0 aromatic heterocycles. The van der Waals surface area contributed by atoms with E-state index in [4.69, 9.17) is 15.6 Å². The lowest BCUT2D eigenvalue weighted by Gasteiger charge is -2.24. The normalized spacial score (nSPS) is 12.1. The highest BCUT2D eigenvalue weighted by Crippen LogP contribution is 2.28. The number of methoxy groups -OCH3 is 1. The lowest BCUT2D eigenvalue weighted by Crippen LogP contribution is -2.37. The van der Waals surface area contributed by atoms with Gasteiger partial charge in [-0.2, -0.15) is 0 Å². The minimum atomic E-state index is -0.872. The molecule has 5 nitrogen and oxygen atoms in total. The molecule has 0 aliphatic heterocycles. The van der Waals surface area contributed by atoms with Crippen LogP contribution in [0.15, 0.2) is 12.1 Å². The number of hydrogen-bond donors (Lipinski definition) is 2. The first-order valence-electron chi connectivity index (χ1n) is 6.19. The molecule has 0 spiro atoms. The fraction of sp³-hybridized carbons (Fsp3) is 0.500. The number of aliphatic carboxylic acids is 1. The van der Waals surface area contributed by atoms with Gasteiger partial charge >= 0.3 is 5.97 Å². The first-order chi connectivity index (χ1) is 8.85. The van der Waals surface area contributed by atoms with E-state index in [-0.39, 0.29) is 12.5 Å². The highest BCUT2D eigenvalue weighted by Gasteiger charge is 2.13. The van der Waals surface area contributed by atoms with Crippen LogP contribution in [0.4, 0.5) is 5.69 Å². The van der Waals surface area contributed by atoms with E-state index in [1.807, 2.05) is 37.9 Å². The Bertz CT molecular complexity index is 437. The smallest absolute Gasteiger partial charge is 0.304 e. The van der Waals surface area contributed by atoms with Gasteiger partial charge < -0.3 is 20.5 Å². The Labute approximate surface area is 114 Å². The molecule has 1 aromatic rings. The van der Waals surface area contributed by atoms with Crippen LogP contribution in [0.1, 0.15) is 17.5 Å². The van der Waals surface area contributed by atoms with Crippen molar-refractivity contribution in [3.8, 4) is 5.75 Å². The van der Waals surface area contributed by atoms with Crippen LogP contribution >= 0.6 is 0 Å². The molecule has 1 aromatic carbocycles. The number of likely N-dealkylation sites (N-methyl/N-ethyl adjacent to an activating group) is 1. The Morgan fingerprint density at radius 2 is 1.95 bits per heavy atom. The van der Waals surface area contributed by atoms with Crippen LogP contribution in [0.2, 0.25) is 0 Å². The number of aryl methyl sites for hydroxylation is 2. The molecular formula is C14H22N2O3. The molecule has 3 N–H and O–H groups in total. The molecule has 0 aliphatic rings. The summed E-state index contributed by atoms with van der Waals surface area (Å²) in [6, 6.07) is 3.64. The third-order valence-corrected chi connectivity index (χ3v) is 3.04. The molecule has 106 valence electrons. The van der Waals surface area contributed by atoms with E-state index >= 15 is 0 Å². The van der Waals surface area contributed by atoms with Gasteiger partial charge in [0.25, 0.3) is 0 Å². The summed E-state index contributed by atoms with van der Waals surface area (Å²) in [4.78, 5) is 12.6. The van der Waals surface area contributed by atoms with Crippen molar-refractivity contribution < 1.29 is 14.6 Å². The van der Waals surface area contributed by atoms with E-state index in [0.717, 1.165) is 22.6 Å². The van der Waals surface area contributed by atoms with Gasteiger partial charge in [0, 0.05) is 25.3 Å². The number of nitrogens with two attached hydrogens (primary N) is 1. The Morgan fingerprint density at radius 1 is 1.42 bits per heavy atom. The largest absolute Gasteiger partial charge is 0.496 e. The van der Waals surface area contributed by atoms with Gasteiger partial charge in [0.1, 0.15) is 5.75 Å². The minimum Gasteiger partial charge on any atom is -0.496 e. The maximum Gasteiger partial charge on any atom is 0.304 e. The van der Waals surface area contributed by atoms with Crippen LogP contribution in [0.5, 0.6) is 5.75 Å². The molecule has 0 bridgehead atoms. The molecule has 0 aliphatic carbocycles. The Balaban J connectivity index is 2.83. The van der Waals surface area contributed by atoms with Gasteiger partial charge in [-0.3, -0.25) is 4.79 Å². The zero-order valence-corrected chi connectivity index (χ0v) is 11.9. The van der Waals surface area contributed by atoms with Gasteiger partial charge in [0.2, 0.25) is 0 Å². The number of carbonyl (C=O) groups is 1. The fourth-order valence-corrected chi connectivity index (χ4v) is 2.22. The predicted molar refractivity (Wildman–Crippen MR) is 76.0 cm³/mol. The highest BCUT2D eigenvalue weighted by molar-refractivity contribution is 5.67. The van der Waals surface area contributed by atoms with Gasteiger partial charge in [-0.05, 0) is 37.1 Å². The molecule has 5 heteroatoms. The molecule has 0 fully saturated rings. The van der Waals surface area contributed by atoms with Gasteiger partial charge in [0.15, 0.2) is 0 Å². The quantitative estimate of drug-likeness (QED) is 0.817. The number of carboxylic acids is 1. The zero-order valence-electron chi connectivity index (χ0n) is 11.9. The number of ether oxygens (including phenoxy) is 1. The third-order valence-electron chi connectivity index (χ3n) is 3.04. The van der Waals surface area contributed by atoms with Crippen LogP contribution in [0, 0.1) is 13.8 Å². The van der Waals surface area contributed by atoms with Crippen LogP contribution in [-0.4, -0.2) is 37.8 Å². The van der Waals surface area contributed by atoms with Crippen molar-refractivity contribution in [2.24, 2.45) is 5.73 Å². The van der Waals surface area contributed by atoms with Crippen molar-refractivity contribution in [2.75, 3.05) is 25.6 Å². The van der Waals surface area contributed by atoms with E-state index in [2.05, 4.69) is 0 Å². The van der Waals surface area contributed by atoms with E-state index in [1.165, 1.54) is 0 Å². The number of rotatable bonds is 6. The molecule has 0 radical (unpaired) electrons. The first-order valence-corrected chi connectivity index (χ1v) is 6.19. The second kappa shape index (κ2) is 6.43. The second-order valence-corrected chi connectivity index (χ2v) is 4.85. The summed E-state index contributed by atoms with van der Waals surface area (Å²) < 4.78 is 5.32. The SMILES string of the molecule is COc1c(C)cc(N(C)CC(N)CC(=O)O)cc1C. The lowest BCUT2D eigenvalue weighted by atomic mass is 10.1. The van der Waals surface area contributed by atoms with Gasteiger partial charge in [-0.25, -0.2) is 0 Å². The molecular weight excluding hydrogens is 244 g/mol. The Kier molecular flexibility index (Phi) is 5.18. The molecule has 0 heterocycles. The van der Waals surface area contributed by atoms with E-state index in [0.29, 0.717) is 6.54 Å². The number of nitrogens with zero attached hydrogens (tertiary/aromatic N) is 1. The zero-order chi connectivity index (χ0) is 14.6. The maximum absolute atomic E-state index is 10.6. The van der Waals surface area contributed by atoms with Crippen LogP contribution in [0.25, 0.3) is 0 Å². The number of carboxylic acid groups (broad SMARTS) is 1. The summed E-state index contributed by atoms with van der Waals surface area (Å²) >= 11 is 0. The summed E-state index contributed by atoms with van der Waals surface area (Å²) in [5, 5.41) is 8.71. The number of anilines is 1. The first kappa shape index (κ1) is 15.3. The molecule has 19 heavy (non-hydrogen) atoms. The van der Waals surface area contributed by atoms with Crippen LogP contribution < -0.4 is 15.4 Å². The van der Waals surface area contributed by atoms with E-state index < -0.39 is 5.97 Å². The Hall–Kier alpha value is -1.75. The minimum absolute atomic E-state index is 0.0293. The molecule has 0 saturated heterocycles. The average Bonchev–Trinajstić information content (AvgIpc) is 2.26. The van der Waals surface area contributed by atoms with Crippen molar-refractivity contribution in [3.05, 3.63) is 23.3 Å². The third kappa shape index (κ3) is 4.13. The summed E-state index contributed by atoms with van der Waals surface area (Å²) in [6.07, 6.45) is -0.0293. The monoisotopic (exact) mass is 266 g/mol. The van der Waals surface area contributed by atoms with E-state index in [1.54, 1.807) is 7.11 Å². The summed E-state index contributed by atoms with van der Waals surface area (Å²) in [7, 11) is 3.56. The summed E-state index contributed by atoms with van der Waals surface area (Å²) in [5.41, 5.74) is 8.91. The molecule has 1 atom stereocenters. The van der Waals surface area contributed by atoms with Crippen LogP contribution in [-0.2, 0) is 4.79 Å².